The zero-order valence-corrected chi connectivity index (χ0v) is 22.1. The van der Waals surface area contributed by atoms with Crippen molar-refractivity contribution in [3.63, 3.8) is 0 Å². The number of benzene rings is 3. The lowest BCUT2D eigenvalue weighted by Crippen LogP contribution is -2.45. The average molecular weight is 520 g/mol. The van der Waals surface area contributed by atoms with Crippen LogP contribution in [-0.4, -0.2) is 32.9 Å². The topological polar surface area (TPSA) is 64.4 Å². The molecule has 2 fully saturated rings. The maximum atomic E-state index is 13.9. The highest BCUT2D eigenvalue weighted by molar-refractivity contribution is 5.96. The van der Waals surface area contributed by atoms with Crippen molar-refractivity contribution in [2.45, 2.75) is 69.6 Å². The second kappa shape index (κ2) is 9.67. The van der Waals surface area contributed by atoms with Crippen LogP contribution in [0.5, 0.6) is 5.75 Å². The van der Waals surface area contributed by atoms with Gasteiger partial charge >= 0.3 is 5.56 Å². The van der Waals surface area contributed by atoms with E-state index in [1.807, 2.05) is 39.8 Å². The molecule has 0 N–H and O–H groups in total. The number of amides is 1. The van der Waals surface area contributed by atoms with E-state index in [9.17, 15) is 9.59 Å². The van der Waals surface area contributed by atoms with Crippen LogP contribution >= 0.6 is 0 Å². The number of carbonyl (C=O) groups is 1. The largest absolute Gasteiger partial charge is 0.481 e. The van der Waals surface area contributed by atoms with Crippen LogP contribution in [0.3, 0.4) is 0 Å². The highest BCUT2D eigenvalue weighted by Crippen LogP contribution is 2.46. The summed E-state index contributed by atoms with van der Waals surface area (Å²) in [7, 11) is 0. The smallest absolute Gasteiger partial charge is 0.316 e. The van der Waals surface area contributed by atoms with Crippen LogP contribution < -0.4 is 10.3 Å². The third-order valence-electron chi connectivity index (χ3n) is 8.88. The number of carbonyl (C=O) groups excluding carboxylic acids is 1. The fourth-order valence-electron chi connectivity index (χ4n) is 6.79. The van der Waals surface area contributed by atoms with E-state index in [0.717, 1.165) is 44.1 Å². The molecule has 0 saturated heterocycles. The Morgan fingerprint density at radius 3 is 2.41 bits per heavy atom. The second-order valence-electron chi connectivity index (χ2n) is 11.4. The van der Waals surface area contributed by atoms with E-state index in [1.165, 1.54) is 16.3 Å². The third kappa shape index (κ3) is 4.32. The minimum atomic E-state index is -0.441. The molecule has 39 heavy (non-hydrogen) atoms. The van der Waals surface area contributed by atoms with Gasteiger partial charge in [0.25, 0.3) is 5.91 Å². The maximum absolute atomic E-state index is 13.9. The van der Waals surface area contributed by atoms with E-state index in [2.05, 4.69) is 47.4 Å². The normalized spacial score (nSPS) is 18.4. The first-order valence-electron chi connectivity index (χ1n) is 14.2. The van der Waals surface area contributed by atoms with Crippen molar-refractivity contribution in [3.8, 4) is 5.75 Å². The van der Waals surface area contributed by atoms with Crippen LogP contribution in [0.4, 0.5) is 0 Å². The highest BCUT2D eigenvalue weighted by atomic mass is 16.5. The average Bonchev–Trinajstić information content (AvgIpc) is 3.70. The number of hydrogen-bond acceptors (Lipinski definition) is 4. The molecule has 3 aliphatic rings. The summed E-state index contributed by atoms with van der Waals surface area (Å²) >= 11 is 0. The molecule has 7 rings (SSSR count). The fraction of sp³-hybridized carbons (Fsp3) is 0.364. The van der Waals surface area contributed by atoms with Gasteiger partial charge in [-0.3, -0.25) is 9.59 Å². The van der Waals surface area contributed by atoms with Crippen molar-refractivity contribution in [1.29, 1.82) is 0 Å². The summed E-state index contributed by atoms with van der Waals surface area (Å²) in [6.07, 6.45) is 7.07. The number of aromatic nitrogens is 2. The van der Waals surface area contributed by atoms with E-state index in [-0.39, 0.29) is 29.7 Å². The lowest BCUT2D eigenvalue weighted by atomic mass is 9.74. The molecule has 0 bridgehead atoms. The minimum absolute atomic E-state index is 0.0867. The molecule has 2 aliphatic carbocycles. The van der Waals surface area contributed by atoms with Crippen molar-refractivity contribution in [2.75, 3.05) is 6.54 Å². The molecule has 6 heteroatoms. The van der Waals surface area contributed by atoms with E-state index in [1.54, 1.807) is 0 Å². The minimum Gasteiger partial charge on any atom is -0.481 e. The number of nitrogens with zero attached hydrogens (tertiary/aromatic N) is 3. The molecule has 0 radical (unpaired) electrons. The summed E-state index contributed by atoms with van der Waals surface area (Å²) in [6, 6.07) is 25.1. The van der Waals surface area contributed by atoms with Gasteiger partial charge in [0.05, 0.1) is 0 Å². The molecule has 4 aromatic rings. The predicted molar refractivity (Wildman–Crippen MR) is 151 cm³/mol. The van der Waals surface area contributed by atoms with Gasteiger partial charge in [-0.2, -0.15) is 4.98 Å². The zero-order chi connectivity index (χ0) is 26.4. The van der Waals surface area contributed by atoms with Gasteiger partial charge in [0, 0.05) is 31.0 Å². The molecule has 1 aliphatic heterocycles. The molecule has 0 unspecified atom stereocenters. The predicted octanol–water partition coefficient (Wildman–Crippen LogP) is 5.65. The molecule has 0 atom stereocenters. The van der Waals surface area contributed by atoms with Crippen LogP contribution in [0.15, 0.2) is 77.6 Å². The number of rotatable bonds is 7. The van der Waals surface area contributed by atoms with E-state index < -0.39 is 5.56 Å². The summed E-state index contributed by atoms with van der Waals surface area (Å²) in [5.41, 5.74) is 2.09. The Labute approximate surface area is 228 Å². The monoisotopic (exact) mass is 519 g/mol. The summed E-state index contributed by atoms with van der Waals surface area (Å²) in [5, 5.41) is 2.50. The van der Waals surface area contributed by atoms with Gasteiger partial charge < -0.3 is 14.2 Å². The first kappa shape index (κ1) is 24.1. The molecule has 0 spiro atoms. The second-order valence-corrected chi connectivity index (χ2v) is 11.4. The van der Waals surface area contributed by atoms with Crippen LogP contribution in [0.2, 0.25) is 0 Å². The van der Waals surface area contributed by atoms with Gasteiger partial charge in [-0.15, -0.1) is 0 Å². The Hall–Kier alpha value is -3.93. The van der Waals surface area contributed by atoms with Crippen LogP contribution in [-0.2, 0) is 25.0 Å². The molecular formula is C33H33N3O3. The van der Waals surface area contributed by atoms with E-state index in [4.69, 9.17) is 4.74 Å². The molecule has 3 aromatic carbocycles. The first-order chi connectivity index (χ1) is 19.1. The summed E-state index contributed by atoms with van der Waals surface area (Å²) in [5.74, 6) is 0.697. The summed E-state index contributed by atoms with van der Waals surface area (Å²) in [4.78, 5) is 34.0. The molecule has 1 aromatic heterocycles. The Kier molecular flexibility index (Phi) is 5.98. The third-order valence-corrected chi connectivity index (χ3v) is 8.88. The molecule has 6 nitrogen and oxygen atoms in total. The van der Waals surface area contributed by atoms with Crippen molar-refractivity contribution < 1.29 is 9.53 Å². The standard InChI is InChI=1S/C33H33N3O3/c37-31-30(39-22-23-9-2-1-3-10-23)29-32(38)35(25-15-16-25)19-20-36(29)28(34-31)21-33(17-6-7-18-33)27-14-8-12-24-11-4-5-13-26(24)27/h1-5,8-14,25H,6-7,15-22H2. The van der Waals surface area contributed by atoms with Gasteiger partial charge in [0.1, 0.15) is 12.4 Å². The lowest BCUT2D eigenvalue weighted by molar-refractivity contribution is 0.0675. The Morgan fingerprint density at radius 1 is 0.872 bits per heavy atom. The van der Waals surface area contributed by atoms with Crippen LogP contribution in [0.25, 0.3) is 10.8 Å². The van der Waals surface area contributed by atoms with Gasteiger partial charge in [-0.1, -0.05) is 85.6 Å². The van der Waals surface area contributed by atoms with Crippen molar-refractivity contribution in [3.05, 3.63) is 106 Å². The van der Waals surface area contributed by atoms with Gasteiger partial charge in [0.2, 0.25) is 5.75 Å². The van der Waals surface area contributed by atoms with E-state index >= 15 is 0 Å². The quantitative estimate of drug-likeness (QED) is 0.317. The first-order valence-corrected chi connectivity index (χ1v) is 14.2. The number of hydrogen-bond donors (Lipinski definition) is 0. The Morgan fingerprint density at radius 2 is 1.62 bits per heavy atom. The SMILES string of the molecule is O=C1c2c(OCc3ccccc3)c(=O)nc(CC3(c4cccc5ccccc45)CCCC3)n2CCN1C1CC1. The van der Waals surface area contributed by atoms with Crippen LogP contribution in [0.1, 0.15) is 66.0 Å². The fourth-order valence-corrected chi connectivity index (χ4v) is 6.79. The maximum Gasteiger partial charge on any atom is 0.316 e. The zero-order valence-electron chi connectivity index (χ0n) is 22.1. The number of fused-ring (bicyclic) bond motifs is 2. The van der Waals surface area contributed by atoms with E-state index in [0.29, 0.717) is 31.0 Å². The highest BCUT2D eigenvalue weighted by Gasteiger charge is 2.42. The van der Waals surface area contributed by atoms with Crippen LogP contribution in [0, 0.1) is 0 Å². The molecule has 2 saturated carbocycles. The summed E-state index contributed by atoms with van der Waals surface area (Å²) < 4.78 is 8.10. The summed E-state index contributed by atoms with van der Waals surface area (Å²) in [6.45, 7) is 1.50. The van der Waals surface area contributed by atoms with Crippen molar-refractivity contribution in [1.82, 2.24) is 14.5 Å². The van der Waals surface area contributed by atoms with Crippen molar-refractivity contribution in [2.24, 2.45) is 0 Å². The Balaban J connectivity index is 1.32. The lowest BCUT2D eigenvalue weighted by Gasteiger charge is -2.35. The molecule has 2 heterocycles. The van der Waals surface area contributed by atoms with Gasteiger partial charge in [-0.05, 0) is 47.6 Å². The molecular weight excluding hydrogens is 486 g/mol. The number of ether oxygens (including phenoxy) is 1. The Bertz CT molecular complexity index is 1590. The molecule has 198 valence electrons. The van der Waals surface area contributed by atoms with Crippen molar-refractivity contribution >= 4 is 16.7 Å². The van der Waals surface area contributed by atoms with Gasteiger partial charge in [0.15, 0.2) is 5.69 Å². The van der Waals surface area contributed by atoms with Gasteiger partial charge in [-0.25, -0.2) is 0 Å². The molecule has 1 amide bonds.